The van der Waals surface area contributed by atoms with Crippen LogP contribution in [0.25, 0.3) is 0 Å². The zero-order valence-electron chi connectivity index (χ0n) is 4.46. The molecule has 3 nitrogen and oxygen atoms in total. The molecule has 0 atom stereocenters. The molecule has 0 aromatic heterocycles. The maximum absolute atomic E-state index is 8.29. The molecule has 3 N–H and O–H groups in total. The normalized spacial score (nSPS) is 10.5. The topological polar surface area (TPSA) is 60.7 Å². The molecule has 0 fully saturated rings. The fourth-order valence-electron chi connectivity index (χ4n) is 0.274. The Hall–Kier alpha value is -0.120. The predicted octanol–water partition coefficient (Wildman–Crippen LogP) is -1.38. The molecule has 3 radical (unpaired) electrons. The van der Waals surface area contributed by atoms with Gasteiger partial charge in [-0.2, -0.15) is 0 Å². The van der Waals surface area contributed by atoms with E-state index in [4.69, 9.17) is 15.3 Å². The summed E-state index contributed by atoms with van der Waals surface area (Å²) in [5, 5.41) is 24.7. The Labute approximate surface area is 48.6 Å². The second-order valence-electron chi connectivity index (χ2n) is 1.25. The minimum Gasteiger partial charge on any atom is -0.396 e. The average Bonchev–Trinajstić information content (AvgIpc) is 1.83. The third-order valence-corrected chi connectivity index (χ3v) is 0.711. The van der Waals surface area contributed by atoms with E-state index in [2.05, 4.69) is 6.42 Å². The van der Waals surface area contributed by atoms with Crippen molar-refractivity contribution >= 4 is 0 Å². The van der Waals surface area contributed by atoms with Crippen LogP contribution in [0.5, 0.6) is 0 Å². The van der Waals surface area contributed by atoms with Gasteiger partial charge in [-0.1, -0.05) is 0 Å². The summed E-state index contributed by atoms with van der Waals surface area (Å²) in [7, 11) is 0. The van der Waals surface area contributed by atoms with Crippen LogP contribution >= 0.6 is 0 Å². The van der Waals surface area contributed by atoms with Crippen LogP contribution in [0.4, 0.5) is 0 Å². The number of hydrogen-bond acceptors (Lipinski definition) is 3. The second-order valence-corrected chi connectivity index (χ2v) is 1.25. The van der Waals surface area contributed by atoms with Crippen LogP contribution in [0.3, 0.4) is 0 Å². The van der Waals surface area contributed by atoms with Crippen molar-refractivity contribution in [2.75, 3.05) is 19.8 Å². The van der Waals surface area contributed by atoms with Gasteiger partial charge in [-0.15, -0.1) is 0 Å². The first kappa shape index (κ1) is 7.88. The summed E-state index contributed by atoms with van der Waals surface area (Å²) in [6.45, 7) is -0.732. The quantitative estimate of drug-likeness (QED) is 0.425. The molecule has 0 spiro atoms. The highest BCUT2D eigenvalue weighted by Crippen LogP contribution is 1.98. The van der Waals surface area contributed by atoms with Crippen molar-refractivity contribution in [3.8, 4) is 0 Å². The highest BCUT2D eigenvalue weighted by molar-refractivity contribution is 5.02. The van der Waals surface area contributed by atoms with Gasteiger partial charge in [0, 0.05) is 12.3 Å². The van der Waals surface area contributed by atoms with Gasteiger partial charge in [0.05, 0.1) is 19.8 Å². The maximum Gasteiger partial charge on any atom is 0.0523 e. The van der Waals surface area contributed by atoms with Gasteiger partial charge >= 0.3 is 0 Å². The SMILES string of the molecule is OC[C][C](CO)CO. The predicted molar refractivity (Wildman–Crippen MR) is 27.7 cm³/mol. The molecule has 0 unspecified atom stereocenters. The van der Waals surface area contributed by atoms with Gasteiger partial charge in [-0.25, -0.2) is 0 Å². The number of aliphatic hydroxyl groups is 3. The third kappa shape index (κ3) is 2.96. The van der Waals surface area contributed by atoms with Crippen LogP contribution in [0.2, 0.25) is 0 Å². The van der Waals surface area contributed by atoms with Gasteiger partial charge in [0.25, 0.3) is 0 Å². The summed E-state index contributed by atoms with van der Waals surface area (Å²) in [5.41, 5.74) is 0. The molecule has 3 heteroatoms. The Bertz CT molecular complexity index is 42.9. The molecule has 47 valence electrons. The zero-order chi connectivity index (χ0) is 6.41. The molecule has 0 aliphatic carbocycles. The monoisotopic (exact) mass is 117 g/mol. The summed E-state index contributed by atoms with van der Waals surface area (Å²) in [5.74, 6) is 0.326. The van der Waals surface area contributed by atoms with E-state index in [1.54, 1.807) is 0 Å². The first-order valence-corrected chi connectivity index (χ1v) is 2.26. The van der Waals surface area contributed by atoms with E-state index in [0.717, 1.165) is 0 Å². The fourth-order valence-corrected chi connectivity index (χ4v) is 0.274. The first-order chi connectivity index (χ1) is 3.85. The molecule has 0 aliphatic heterocycles. The molecular formula is C5H9O3. The van der Waals surface area contributed by atoms with E-state index in [1.807, 2.05) is 0 Å². The van der Waals surface area contributed by atoms with Crippen LogP contribution in [-0.2, 0) is 0 Å². The second kappa shape index (κ2) is 5.03. The van der Waals surface area contributed by atoms with E-state index in [-0.39, 0.29) is 19.8 Å². The lowest BCUT2D eigenvalue weighted by molar-refractivity contribution is 0.236. The van der Waals surface area contributed by atoms with Crippen LogP contribution in [0.1, 0.15) is 0 Å². The fraction of sp³-hybridized carbons (Fsp3) is 0.600. The molecule has 0 amide bonds. The highest BCUT2D eigenvalue weighted by atomic mass is 16.3. The number of aliphatic hydroxyl groups excluding tert-OH is 3. The highest BCUT2D eigenvalue weighted by Gasteiger charge is 2.04. The Morgan fingerprint density at radius 1 is 1.12 bits per heavy atom. The van der Waals surface area contributed by atoms with Crippen LogP contribution < -0.4 is 0 Å². The first-order valence-electron chi connectivity index (χ1n) is 2.26. The van der Waals surface area contributed by atoms with Crippen molar-refractivity contribution in [3.05, 3.63) is 12.3 Å². The molecule has 0 aromatic rings. The minimum atomic E-state index is -0.254. The molecule has 0 bridgehead atoms. The van der Waals surface area contributed by atoms with E-state index in [9.17, 15) is 0 Å². The van der Waals surface area contributed by atoms with Gasteiger partial charge in [0.15, 0.2) is 0 Å². The van der Waals surface area contributed by atoms with Gasteiger partial charge in [-0.3, -0.25) is 0 Å². The van der Waals surface area contributed by atoms with E-state index in [0.29, 0.717) is 5.92 Å². The molecule has 8 heavy (non-hydrogen) atoms. The summed E-state index contributed by atoms with van der Waals surface area (Å²) < 4.78 is 0. The average molecular weight is 117 g/mol. The lowest BCUT2D eigenvalue weighted by atomic mass is 10.1. The van der Waals surface area contributed by atoms with E-state index < -0.39 is 0 Å². The van der Waals surface area contributed by atoms with Crippen molar-refractivity contribution in [1.82, 2.24) is 0 Å². The maximum atomic E-state index is 8.29. The van der Waals surface area contributed by atoms with Crippen LogP contribution in [0.15, 0.2) is 0 Å². The lowest BCUT2D eigenvalue weighted by Gasteiger charge is -2.04. The Balaban J connectivity index is 3.07. The Kier molecular flexibility index (Phi) is 4.95. The smallest absolute Gasteiger partial charge is 0.0523 e. The Morgan fingerprint density at radius 2 is 1.62 bits per heavy atom. The molecule has 0 saturated heterocycles. The molecule has 0 aliphatic rings. The van der Waals surface area contributed by atoms with E-state index in [1.165, 1.54) is 0 Å². The van der Waals surface area contributed by atoms with Gasteiger partial charge in [0.1, 0.15) is 0 Å². The molecule has 0 rings (SSSR count). The molecular weight excluding hydrogens is 108 g/mol. The van der Waals surface area contributed by atoms with Crippen molar-refractivity contribution < 1.29 is 15.3 Å². The largest absolute Gasteiger partial charge is 0.396 e. The zero-order valence-corrected chi connectivity index (χ0v) is 4.46. The lowest BCUT2D eigenvalue weighted by Crippen LogP contribution is -2.10. The Morgan fingerprint density at radius 3 is 1.75 bits per heavy atom. The van der Waals surface area contributed by atoms with Crippen molar-refractivity contribution in [2.45, 2.75) is 0 Å². The standard InChI is InChI=1S/C5H9O3/c6-2-1-5(3-7)4-8/h6-8H,2-4H2. The van der Waals surface area contributed by atoms with Crippen molar-refractivity contribution in [3.63, 3.8) is 0 Å². The van der Waals surface area contributed by atoms with Crippen molar-refractivity contribution in [1.29, 1.82) is 0 Å². The minimum absolute atomic E-state index is 0.239. The molecule has 0 saturated carbocycles. The molecule has 0 aromatic carbocycles. The third-order valence-electron chi connectivity index (χ3n) is 0.711. The number of rotatable bonds is 4. The van der Waals surface area contributed by atoms with E-state index >= 15 is 0 Å². The van der Waals surface area contributed by atoms with Crippen LogP contribution in [0, 0.1) is 12.3 Å². The number of hydrogen-bond donors (Lipinski definition) is 3. The van der Waals surface area contributed by atoms with Gasteiger partial charge in [-0.05, 0) is 0 Å². The summed E-state index contributed by atoms with van der Waals surface area (Å²) in [4.78, 5) is 0. The van der Waals surface area contributed by atoms with Gasteiger partial charge < -0.3 is 15.3 Å². The van der Waals surface area contributed by atoms with Gasteiger partial charge in [0.2, 0.25) is 0 Å². The summed E-state index contributed by atoms with van der Waals surface area (Å²) >= 11 is 0. The van der Waals surface area contributed by atoms with Crippen molar-refractivity contribution in [2.24, 2.45) is 0 Å². The molecule has 0 heterocycles. The van der Waals surface area contributed by atoms with Crippen LogP contribution in [-0.4, -0.2) is 35.1 Å². The summed E-state index contributed by atoms with van der Waals surface area (Å²) in [6.07, 6.45) is 2.35. The summed E-state index contributed by atoms with van der Waals surface area (Å²) in [6, 6.07) is 0.